The first-order chi connectivity index (χ1) is 22.4. The molecule has 0 bridgehead atoms. The number of tetrazole rings is 1. The Morgan fingerprint density at radius 2 is 1.49 bits per heavy atom. The molecule has 262 valence electrons. The van der Waals surface area contributed by atoms with Crippen LogP contribution < -0.4 is 9.47 Å². The number of hydrogen-bond acceptors (Lipinski definition) is 8. The predicted octanol–water partition coefficient (Wildman–Crippen LogP) is 6.88. The maximum Gasteiger partial charge on any atom is 0.453 e. The van der Waals surface area contributed by atoms with Crippen molar-refractivity contribution in [3.05, 3.63) is 125 Å². The molecule has 9 nitrogen and oxygen atoms in total. The first kappa shape index (κ1) is 39.5. The second kappa shape index (κ2) is 17.6. The van der Waals surface area contributed by atoms with Crippen molar-refractivity contribution < 1.29 is 22.6 Å². The van der Waals surface area contributed by atoms with Crippen molar-refractivity contribution in [2.24, 2.45) is 0 Å². The molecular formula is C34H37Cl3F3N7O2. The van der Waals surface area contributed by atoms with Crippen LogP contribution in [0.25, 0.3) is 5.69 Å². The number of halogens is 6. The Morgan fingerprint density at radius 1 is 0.816 bits per heavy atom. The number of alkyl halides is 3. The standard InChI is InChI=1S/C34H34F3N7O2.3ClH/c1-45-30-16-15-28(44-33(34(35,36)37)39-40-41-44)32(46-2)27(30)22-42-18-19-43(21-24-10-9-17-38-20-24)29(23-42)31(25-11-5-3-6-12-25)26-13-7-4-8-14-26;;;/h3-17,20,29,31H,18-19,21-23H2,1-2H3;3*1H/t29-;;;/m0.../s1. The number of aromatic nitrogens is 5. The minimum Gasteiger partial charge on any atom is -0.496 e. The largest absolute Gasteiger partial charge is 0.496 e. The molecular weight excluding hydrogens is 702 g/mol. The number of nitrogens with zero attached hydrogens (tertiary/aromatic N) is 7. The highest BCUT2D eigenvalue weighted by atomic mass is 35.5. The molecule has 2 aromatic heterocycles. The molecule has 0 spiro atoms. The highest BCUT2D eigenvalue weighted by molar-refractivity contribution is 5.86. The number of ether oxygens (including phenoxy) is 2. The van der Waals surface area contributed by atoms with Gasteiger partial charge >= 0.3 is 6.18 Å². The monoisotopic (exact) mass is 737 g/mol. The average molecular weight is 739 g/mol. The van der Waals surface area contributed by atoms with E-state index in [1.54, 1.807) is 12.3 Å². The molecule has 1 fully saturated rings. The van der Waals surface area contributed by atoms with Gasteiger partial charge in [-0.2, -0.15) is 17.9 Å². The molecule has 3 aromatic carbocycles. The van der Waals surface area contributed by atoms with Gasteiger partial charge in [0.05, 0.1) is 19.8 Å². The first-order valence-electron chi connectivity index (χ1n) is 14.9. The predicted molar refractivity (Wildman–Crippen MR) is 187 cm³/mol. The fourth-order valence-electron chi connectivity index (χ4n) is 6.33. The van der Waals surface area contributed by atoms with Crippen LogP contribution in [-0.2, 0) is 19.3 Å². The zero-order valence-electron chi connectivity index (χ0n) is 26.7. The second-order valence-electron chi connectivity index (χ2n) is 11.1. The molecule has 0 unspecified atom stereocenters. The van der Waals surface area contributed by atoms with E-state index in [0.717, 1.165) is 18.7 Å². The third-order valence-electron chi connectivity index (χ3n) is 8.38. The molecule has 0 aliphatic carbocycles. The number of methoxy groups -OCH3 is 2. The van der Waals surface area contributed by atoms with E-state index in [1.807, 2.05) is 24.4 Å². The molecule has 1 saturated heterocycles. The molecule has 0 saturated carbocycles. The molecule has 1 atom stereocenters. The van der Waals surface area contributed by atoms with Gasteiger partial charge in [0.2, 0.25) is 0 Å². The van der Waals surface area contributed by atoms with E-state index in [9.17, 15) is 13.2 Å². The average Bonchev–Trinajstić information content (AvgIpc) is 3.58. The van der Waals surface area contributed by atoms with Crippen molar-refractivity contribution >= 4 is 37.2 Å². The smallest absolute Gasteiger partial charge is 0.453 e. The topological polar surface area (TPSA) is 81.4 Å². The first-order valence-corrected chi connectivity index (χ1v) is 14.9. The van der Waals surface area contributed by atoms with Crippen LogP contribution in [0.5, 0.6) is 11.5 Å². The summed E-state index contributed by atoms with van der Waals surface area (Å²) in [7, 11) is 2.96. The lowest BCUT2D eigenvalue weighted by atomic mass is 9.83. The van der Waals surface area contributed by atoms with E-state index in [0.29, 0.717) is 35.6 Å². The minimum atomic E-state index is -4.75. The van der Waals surface area contributed by atoms with Crippen molar-refractivity contribution in [3.8, 4) is 17.2 Å². The summed E-state index contributed by atoms with van der Waals surface area (Å²) in [6.45, 7) is 3.23. The van der Waals surface area contributed by atoms with Gasteiger partial charge in [-0.15, -0.1) is 42.3 Å². The highest BCUT2D eigenvalue weighted by Crippen LogP contribution is 2.39. The summed E-state index contributed by atoms with van der Waals surface area (Å²) in [4.78, 5) is 9.15. The second-order valence-corrected chi connectivity index (χ2v) is 11.1. The summed E-state index contributed by atoms with van der Waals surface area (Å²) in [6.07, 6.45) is -1.08. The zero-order chi connectivity index (χ0) is 32.1. The summed E-state index contributed by atoms with van der Waals surface area (Å²) >= 11 is 0. The lowest BCUT2D eigenvalue weighted by molar-refractivity contribution is -0.146. The van der Waals surface area contributed by atoms with E-state index in [2.05, 4.69) is 84.9 Å². The summed E-state index contributed by atoms with van der Waals surface area (Å²) in [5.74, 6) is -0.472. The summed E-state index contributed by atoms with van der Waals surface area (Å²) in [6, 6.07) is 28.1. The highest BCUT2D eigenvalue weighted by Gasteiger charge is 2.40. The Kier molecular flexibility index (Phi) is 14.2. The van der Waals surface area contributed by atoms with Crippen LogP contribution in [0.2, 0.25) is 0 Å². The zero-order valence-corrected chi connectivity index (χ0v) is 29.2. The Hall–Kier alpha value is -3.94. The summed E-state index contributed by atoms with van der Waals surface area (Å²) in [5.41, 5.74) is 4.22. The molecule has 1 aliphatic rings. The Balaban J connectivity index is 0.00000217. The lowest BCUT2D eigenvalue weighted by Crippen LogP contribution is -2.54. The fraction of sp³-hybridized carbons (Fsp3) is 0.294. The van der Waals surface area contributed by atoms with E-state index >= 15 is 0 Å². The van der Waals surface area contributed by atoms with Crippen molar-refractivity contribution in [1.29, 1.82) is 0 Å². The Labute approximate surface area is 301 Å². The number of benzene rings is 3. The third-order valence-corrected chi connectivity index (χ3v) is 8.38. The van der Waals surface area contributed by atoms with Crippen LogP contribution in [0, 0.1) is 0 Å². The molecule has 6 rings (SSSR count). The molecule has 0 N–H and O–H groups in total. The normalized spacial score (nSPS) is 15.1. The number of pyridine rings is 1. The molecule has 1 aliphatic heterocycles. The van der Waals surface area contributed by atoms with Crippen molar-refractivity contribution in [2.75, 3.05) is 33.9 Å². The Morgan fingerprint density at radius 3 is 2.06 bits per heavy atom. The van der Waals surface area contributed by atoms with E-state index in [-0.39, 0.29) is 60.6 Å². The van der Waals surface area contributed by atoms with Gasteiger partial charge in [-0.05, 0) is 45.3 Å². The minimum absolute atomic E-state index is 0. The van der Waals surface area contributed by atoms with Gasteiger partial charge < -0.3 is 9.47 Å². The number of rotatable bonds is 10. The number of hydrogen-bond donors (Lipinski definition) is 0. The van der Waals surface area contributed by atoms with Gasteiger partial charge in [-0.1, -0.05) is 66.7 Å². The van der Waals surface area contributed by atoms with Crippen molar-refractivity contribution in [2.45, 2.75) is 31.2 Å². The summed E-state index contributed by atoms with van der Waals surface area (Å²) in [5, 5.41) is 10.2. The quantitative estimate of drug-likeness (QED) is 0.154. The maximum absolute atomic E-state index is 13.8. The number of piperazine rings is 1. The van der Waals surface area contributed by atoms with Crippen LogP contribution in [0.3, 0.4) is 0 Å². The van der Waals surface area contributed by atoms with Crippen LogP contribution in [-0.4, -0.2) is 74.9 Å². The van der Waals surface area contributed by atoms with Crippen LogP contribution in [0.4, 0.5) is 13.2 Å². The third kappa shape index (κ3) is 8.81. The molecule has 0 amide bonds. The van der Waals surface area contributed by atoms with Crippen LogP contribution in [0.15, 0.2) is 97.3 Å². The van der Waals surface area contributed by atoms with Gasteiger partial charge in [-0.3, -0.25) is 14.8 Å². The molecule has 15 heteroatoms. The van der Waals surface area contributed by atoms with E-state index < -0.39 is 12.0 Å². The SMILES string of the molecule is COc1ccc(-n2nnnc2C(F)(F)F)c(OC)c1CN1CCN(Cc2cccnc2)[C@H](C(c2ccccc2)c2ccccc2)C1.Cl.Cl.Cl. The summed E-state index contributed by atoms with van der Waals surface area (Å²) < 4.78 is 53.4. The van der Waals surface area contributed by atoms with Gasteiger partial charge in [0.25, 0.3) is 5.82 Å². The molecule has 49 heavy (non-hydrogen) atoms. The van der Waals surface area contributed by atoms with Gasteiger partial charge in [0, 0.05) is 57.1 Å². The van der Waals surface area contributed by atoms with E-state index in [1.165, 1.54) is 31.4 Å². The van der Waals surface area contributed by atoms with Crippen molar-refractivity contribution in [3.63, 3.8) is 0 Å². The van der Waals surface area contributed by atoms with Crippen LogP contribution >= 0.6 is 37.2 Å². The lowest BCUT2D eigenvalue weighted by Gasteiger charge is -2.45. The molecule has 3 heterocycles. The van der Waals surface area contributed by atoms with Gasteiger partial charge in [-0.25, -0.2) is 0 Å². The van der Waals surface area contributed by atoms with Gasteiger partial charge in [0.15, 0.2) is 5.75 Å². The Bertz CT molecular complexity index is 1700. The van der Waals surface area contributed by atoms with E-state index in [4.69, 9.17) is 9.47 Å². The fourth-order valence-corrected chi connectivity index (χ4v) is 6.33. The maximum atomic E-state index is 13.8. The van der Waals surface area contributed by atoms with Gasteiger partial charge in [0.1, 0.15) is 11.4 Å². The molecule has 0 radical (unpaired) electrons. The molecule has 5 aromatic rings. The van der Waals surface area contributed by atoms with Crippen molar-refractivity contribution in [1.82, 2.24) is 35.0 Å². The van der Waals surface area contributed by atoms with Crippen LogP contribution in [0.1, 0.15) is 34.0 Å².